The maximum atomic E-state index is 6.26. The highest BCUT2D eigenvalue weighted by Crippen LogP contribution is 2.32. The number of anilines is 2. The third-order valence-corrected chi connectivity index (χ3v) is 3.25. The van der Waals surface area contributed by atoms with Crippen molar-refractivity contribution < 1.29 is 4.74 Å². The van der Waals surface area contributed by atoms with E-state index < -0.39 is 0 Å². The lowest BCUT2D eigenvalue weighted by Crippen LogP contribution is -2.34. The fourth-order valence-corrected chi connectivity index (χ4v) is 2.28. The van der Waals surface area contributed by atoms with Crippen LogP contribution < -0.4 is 10.2 Å². The fourth-order valence-electron chi connectivity index (χ4n) is 1.75. The topological polar surface area (TPSA) is 37.4 Å². The van der Waals surface area contributed by atoms with Gasteiger partial charge in [0, 0.05) is 26.2 Å². The van der Waals surface area contributed by atoms with Gasteiger partial charge in [0.2, 0.25) is 0 Å². The van der Waals surface area contributed by atoms with Crippen LogP contribution >= 0.6 is 23.2 Å². The molecular weight excluding hydrogens is 285 g/mol. The highest BCUT2D eigenvalue weighted by molar-refractivity contribution is 6.37. The molecule has 1 aromatic heterocycles. The van der Waals surface area contributed by atoms with Crippen molar-refractivity contribution in [3.63, 3.8) is 0 Å². The van der Waals surface area contributed by atoms with Crippen LogP contribution in [0.2, 0.25) is 10.0 Å². The van der Waals surface area contributed by atoms with Crippen molar-refractivity contribution in [3.05, 3.63) is 16.1 Å². The average Bonchev–Trinajstić information content (AvgIpc) is 2.34. The van der Waals surface area contributed by atoms with E-state index in [0.717, 1.165) is 18.9 Å². The minimum atomic E-state index is 0.274. The molecule has 0 spiro atoms. The Bertz CT molecular complexity index is 413. The van der Waals surface area contributed by atoms with Gasteiger partial charge >= 0.3 is 0 Å². The van der Waals surface area contributed by atoms with E-state index in [1.54, 1.807) is 13.2 Å². The molecule has 0 atom stereocenters. The van der Waals surface area contributed by atoms with E-state index in [9.17, 15) is 0 Å². The Morgan fingerprint density at radius 3 is 2.58 bits per heavy atom. The highest BCUT2D eigenvalue weighted by Gasteiger charge is 2.17. The molecular formula is C13H21Cl2N3O. The Morgan fingerprint density at radius 2 is 2.05 bits per heavy atom. The number of hydrogen-bond donors (Lipinski definition) is 1. The summed E-state index contributed by atoms with van der Waals surface area (Å²) in [6.45, 7) is 8.29. The summed E-state index contributed by atoms with van der Waals surface area (Å²) in [5.41, 5.74) is 0. The molecule has 6 heteroatoms. The normalized spacial score (nSPS) is 10.9. The summed E-state index contributed by atoms with van der Waals surface area (Å²) in [5.74, 6) is 1.39. The van der Waals surface area contributed by atoms with E-state index in [4.69, 9.17) is 27.9 Å². The van der Waals surface area contributed by atoms with Crippen molar-refractivity contribution >= 4 is 34.8 Å². The van der Waals surface area contributed by atoms with E-state index in [1.165, 1.54) is 0 Å². The van der Waals surface area contributed by atoms with Crippen molar-refractivity contribution in [2.75, 3.05) is 37.0 Å². The number of nitrogens with one attached hydrogen (secondary N) is 1. The second kappa shape index (κ2) is 7.78. The zero-order valence-corrected chi connectivity index (χ0v) is 13.3. The molecule has 0 saturated heterocycles. The van der Waals surface area contributed by atoms with Crippen molar-refractivity contribution in [1.82, 2.24) is 4.98 Å². The predicted octanol–water partition coefficient (Wildman–Crippen LogP) is 3.68. The smallest absolute Gasteiger partial charge is 0.150 e. The van der Waals surface area contributed by atoms with Gasteiger partial charge in [0.05, 0.1) is 16.7 Å². The van der Waals surface area contributed by atoms with Crippen LogP contribution in [0.4, 0.5) is 11.6 Å². The molecule has 108 valence electrons. The molecule has 1 rings (SSSR count). The van der Waals surface area contributed by atoms with Crippen LogP contribution in [0.3, 0.4) is 0 Å². The number of halogens is 2. The van der Waals surface area contributed by atoms with Gasteiger partial charge in [-0.3, -0.25) is 0 Å². The minimum absolute atomic E-state index is 0.274. The summed E-state index contributed by atoms with van der Waals surface area (Å²) >= 11 is 12.4. The number of nitrogens with zero attached hydrogens (tertiary/aromatic N) is 2. The highest BCUT2D eigenvalue weighted by atomic mass is 35.5. The van der Waals surface area contributed by atoms with Gasteiger partial charge < -0.3 is 15.0 Å². The van der Waals surface area contributed by atoms with E-state index in [0.29, 0.717) is 22.5 Å². The molecule has 0 fully saturated rings. The maximum absolute atomic E-state index is 6.26. The largest absolute Gasteiger partial charge is 0.383 e. The molecule has 0 bridgehead atoms. The summed E-state index contributed by atoms with van der Waals surface area (Å²) in [6.07, 6.45) is 0. The zero-order valence-electron chi connectivity index (χ0n) is 11.8. The predicted molar refractivity (Wildman–Crippen MR) is 82.8 cm³/mol. The van der Waals surface area contributed by atoms with Gasteiger partial charge in [0.1, 0.15) is 11.6 Å². The summed E-state index contributed by atoms with van der Waals surface area (Å²) in [7, 11) is 1.68. The first-order valence-electron chi connectivity index (χ1n) is 6.36. The molecule has 0 radical (unpaired) electrons. The van der Waals surface area contributed by atoms with E-state index >= 15 is 0 Å². The lowest BCUT2D eigenvalue weighted by atomic mass is 10.3. The van der Waals surface area contributed by atoms with Gasteiger partial charge in [-0.15, -0.1) is 0 Å². The Hall–Kier alpha value is -0.710. The van der Waals surface area contributed by atoms with Crippen molar-refractivity contribution in [3.8, 4) is 0 Å². The van der Waals surface area contributed by atoms with Crippen LogP contribution in [0.25, 0.3) is 0 Å². The molecule has 0 aliphatic carbocycles. The molecule has 19 heavy (non-hydrogen) atoms. The Morgan fingerprint density at radius 1 is 1.37 bits per heavy atom. The average molecular weight is 306 g/mol. The van der Waals surface area contributed by atoms with E-state index in [2.05, 4.69) is 29.0 Å². The summed E-state index contributed by atoms with van der Waals surface area (Å²) in [5, 5.41) is 4.22. The number of ether oxygens (including phenoxy) is 1. The SMILES string of the molecule is CCNc1nc(N(CCOC)C(C)C)c(Cl)cc1Cl. The molecule has 0 aliphatic heterocycles. The van der Waals surface area contributed by atoms with Gasteiger partial charge in [-0.2, -0.15) is 0 Å². The number of hydrogen-bond acceptors (Lipinski definition) is 4. The van der Waals surface area contributed by atoms with Crippen LogP contribution in [-0.2, 0) is 4.74 Å². The summed E-state index contributed by atoms with van der Waals surface area (Å²) in [4.78, 5) is 6.63. The monoisotopic (exact) mass is 305 g/mol. The minimum Gasteiger partial charge on any atom is -0.383 e. The molecule has 0 saturated carbocycles. The van der Waals surface area contributed by atoms with Gasteiger partial charge in [0.25, 0.3) is 0 Å². The molecule has 0 amide bonds. The molecule has 1 aromatic rings. The third kappa shape index (κ3) is 4.41. The van der Waals surface area contributed by atoms with Crippen molar-refractivity contribution in [2.45, 2.75) is 26.8 Å². The summed E-state index contributed by atoms with van der Waals surface area (Å²) in [6, 6.07) is 2.00. The fraction of sp³-hybridized carbons (Fsp3) is 0.615. The van der Waals surface area contributed by atoms with Crippen LogP contribution in [0.1, 0.15) is 20.8 Å². The standard InChI is InChI=1S/C13H21Cl2N3O/c1-5-16-12-10(14)8-11(15)13(17-12)18(9(2)3)6-7-19-4/h8-9H,5-7H2,1-4H3,(H,16,17). The second-order valence-corrected chi connectivity index (χ2v) is 5.25. The number of rotatable bonds is 7. The lowest BCUT2D eigenvalue weighted by Gasteiger charge is -2.29. The number of pyridine rings is 1. The van der Waals surface area contributed by atoms with E-state index in [-0.39, 0.29) is 6.04 Å². The Balaban J connectivity index is 3.10. The van der Waals surface area contributed by atoms with Crippen LogP contribution in [-0.4, -0.2) is 37.8 Å². The molecule has 1 heterocycles. The second-order valence-electron chi connectivity index (χ2n) is 4.43. The molecule has 4 nitrogen and oxygen atoms in total. The van der Waals surface area contributed by atoms with Gasteiger partial charge in [0.15, 0.2) is 0 Å². The summed E-state index contributed by atoms with van der Waals surface area (Å²) < 4.78 is 5.13. The third-order valence-electron chi connectivity index (χ3n) is 2.69. The first kappa shape index (κ1) is 16.3. The molecule has 0 aliphatic rings. The molecule has 1 N–H and O–H groups in total. The van der Waals surface area contributed by atoms with Gasteiger partial charge in [-0.05, 0) is 26.8 Å². The van der Waals surface area contributed by atoms with Crippen LogP contribution in [0.5, 0.6) is 0 Å². The van der Waals surface area contributed by atoms with Gasteiger partial charge in [-0.1, -0.05) is 23.2 Å². The number of methoxy groups -OCH3 is 1. The molecule has 0 aromatic carbocycles. The van der Waals surface area contributed by atoms with Crippen molar-refractivity contribution in [1.29, 1.82) is 0 Å². The lowest BCUT2D eigenvalue weighted by molar-refractivity contribution is 0.203. The van der Waals surface area contributed by atoms with Crippen LogP contribution in [0, 0.1) is 0 Å². The first-order valence-corrected chi connectivity index (χ1v) is 7.12. The Labute approximate surface area is 125 Å². The number of aromatic nitrogens is 1. The van der Waals surface area contributed by atoms with Crippen LogP contribution in [0.15, 0.2) is 6.07 Å². The quantitative estimate of drug-likeness (QED) is 0.834. The van der Waals surface area contributed by atoms with Crippen molar-refractivity contribution in [2.24, 2.45) is 0 Å². The maximum Gasteiger partial charge on any atom is 0.150 e. The first-order chi connectivity index (χ1) is 9.01. The zero-order chi connectivity index (χ0) is 14.4. The van der Waals surface area contributed by atoms with E-state index in [1.807, 2.05) is 6.92 Å². The van der Waals surface area contributed by atoms with Gasteiger partial charge in [-0.25, -0.2) is 4.98 Å². The molecule has 0 unspecified atom stereocenters. The Kier molecular flexibility index (Phi) is 6.69.